The number of nitrogens with two attached hydrogens (primary N) is 2. The number of nitrogens with one attached hydrogen (secondary N) is 2. The van der Waals surface area contributed by atoms with Crippen molar-refractivity contribution in [3.05, 3.63) is 33.9 Å². The van der Waals surface area contributed by atoms with Crippen LogP contribution in [0.25, 0.3) is 0 Å². The summed E-state index contributed by atoms with van der Waals surface area (Å²) in [4.78, 5) is 32.7. The molecule has 1 atom stereocenters. The molecular weight excluding hydrogens is 254 g/mol. The van der Waals surface area contributed by atoms with Crippen LogP contribution in [0.3, 0.4) is 0 Å². The van der Waals surface area contributed by atoms with Gasteiger partial charge in [-0.3, -0.25) is 25.5 Å². The van der Waals surface area contributed by atoms with E-state index in [0.29, 0.717) is 0 Å². The Morgan fingerprint density at radius 3 is 2.53 bits per heavy atom. The van der Waals surface area contributed by atoms with Crippen LogP contribution in [-0.2, 0) is 4.79 Å². The first-order valence-corrected chi connectivity index (χ1v) is 5.22. The fourth-order valence-electron chi connectivity index (χ4n) is 1.31. The van der Waals surface area contributed by atoms with E-state index in [4.69, 9.17) is 11.6 Å². The first-order chi connectivity index (χ1) is 8.86. The summed E-state index contributed by atoms with van der Waals surface area (Å²) in [5.74, 6) is 3.80. The topological polar surface area (TPSA) is 153 Å². The predicted octanol–water partition coefficient (Wildman–Crippen LogP) is -0.516. The van der Waals surface area contributed by atoms with Crippen molar-refractivity contribution < 1.29 is 14.5 Å². The molecule has 2 amide bonds. The van der Waals surface area contributed by atoms with Crippen LogP contribution in [0, 0.1) is 10.1 Å². The van der Waals surface area contributed by atoms with Crippen molar-refractivity contribution in [1.29, 1.82) is 0 Å². The van der Waals surface area contributed by atoms with Crippen LogP contribution in [0.1, 0.15) is 17.3 Å². The highest BCUT2D eigenvalue weighted by Crippen LogP contribution is 2.21. The molecule has 0 fully saturated rings. The second-order valence-corrected chi connectivity index (χ2v) is 3.73. The van der Waals surface area contributed by atoms with Gasteiger partial charge in [-0.15, -0.1) is 0 Å². The predicted molar refractivity (Wildman–Crippen MR) is 67.0 cm³/mol. The lowest BCUT2D eigenvalue weighted by molar-refractivity contribution is -0.384. The summed E-state index contributed by atoms with van der Waals surface area (Å²) in [6, 6.07) is 2.64. The van der Waals surface area contributed by atoms with Crippen LogP contribution in [0.15, 0.2) is 18.2 Å². The summed E-state index contributed by atoms with van der Waals surface area (Å²) in [6.45, 7) is 1.40. The molecule has 1 aromatic rings. The number of nitrogen functional groups attached to an aromatic ring is 1. The van der Waals surface area contributed by atoms with Gasteiger partial charge in [-0.1, -0.05) is 0 Å². The minimum atomic E-state index is -0.905. The molecule has 0 radical (unpaired) electrons. The molecule has 102 valence electrons. The average molecular weight is 267 g/mol. The molecule has 0 spiro atoms. The molecule has 0 heterocycles. The Morgan fingerprint density at radius 2 is 2.05 bits per heavy atom. The van der Waals surface area contributed by atoms with E-state index < -0.39 is 22.8 Å². The zero-order chi connectivity index (χ0) is 14.6. The summed E-state index contributed by atoms with van der Waals surface area (Å²) in [7, 11) is 0. The van der Waals surface area contributed by atoms with E-state index in [1.807, 2.05) is 0 Å². The normalized spacial score (nSPS) is 11.5. The molecule has 0 saturated carbocycles. The van der Waals surface area contributed by atoms with Gasteiger partial charge < -0.3 is 16.5 Å². The van der Waals surface area contributed by atoms with Gasteiger partial charge in [0, 0.05) is 12.1 Å². The van der Waals surface area contributed by atoms with E-state index in [1.54, 1.807) is 0 Å². The number of non-ortho nitro benzene ring substituents is 1. The quantitative estimate of drug-likeness (QED) is 0.320. The lowest BCUT2D eigenvalue weighted by atomic mass is 10.1. The number of nitrogens with zero attached hydrogens (tertiary/aromatic N) is 1. The van der Waals surface area contributed by atoms with Crippen molar-refractivity contribution >= 4 is 23.2 Å². The highest BCUT2D eigenvalue weighted by molar-refractivity contribution is 6.02. The van der Waals surface area contributed by atoms with Crippen molar-refractivity contribution in [2.75, 3.05) is 5.43 Å². The summed E-state index contributed by atoms with van der Waals surface area (Å²) in [6.07, 6.45) is 0. The number of hydrazine groups is 1. The molecule has 0 aliphatic heterocycles. The maximum Gasteiger partial charge on any atom is 0.270 e. The Bertz CT molecular complexity index is 531. The number of benzene rings is 1. The number of hydrogen-bond acceptors (Lipinski definition) is 6. The smallest absolute Gasteiger partial charge is 0.270 e. The van der Waals surface area contributed by atoms with Gasteiger partial charge in [0.1, 0.15) is 6.04 Å². The Kier molecular flexibility index (Phi) is 4.37. The zero-order valence-electron chi connectivity index (χ0n) is 10.0. The minimum Gasteiger partial charge on any atom is -0.368 e. The second-order valence-electron chi connectivity index (χ2n) is 3.73. The van der Waals surface area contributed by atoms with Crippen LogP contribution < -0.4 is 22.3 Å². The molecule has 1 unspecified atom stereocenters. The fourth-order valence-corrected chi connectivity index (χ4v) is 1.31. The van der Waals surface area contributed by atoms with Crippen LogP contribution in [0.2, 0.25) is 0 Å². The van der Waals surface area contributed by atoms with Gasteiger partial charge in [-0.2, -0.15) is 0 Å². The van der Waals surface area contributed by atoms with Gasteiger partial charge in [0.05, 0.1) is 16.2 Å². The lowest BCUT2D eigenvalue weighted by Gasteiger charge is -2.12. The van der Waals surface area contributed by atoms with Crippen LogP contribution in [-0.4, -0.2) is 22.8 Å². The SMILES string of the molecule is CC(NC(=O)c1cc([N+](=O)[O-])ccc1NN)C(N)=O. The number of carbonyl (C=O) groups excluding carboxylic acids is 2. The highest BCUT2D eigenvalue weighted by Gasteiger charge is 2.19. The van der Waals surface area contributed by atoms with Gasteiger partial charge >= 0.3 is 0 Å². The summed E-state index contributed by atoms with van der Waals surface area (Å²) < 4.78 is 0. The molecule has 0 saturated heterocycles. The Hall–Kier alpha value is -2.68. The number of primary amides is 1. The number of amides is 2. The van der Waals surface area contributed by atoms with Crippen LogP contribution in [0.5, 0.6) is 0 Å². The number of rotatable bonds is 5. The molecule has 0 aliphatic carbocycles. The maximum absolute atomic E-state index is 11.9. The third kappa shape index (κ3) is 3.39. The Labute approximate surface area is 108 Å². The molecule has 0 aromatic heterocycles. The summed E-state index contributed by atoms with van der Waals surface area (Å²) >= 11 is 0. The number of carbonyl (C=O) groups is 2. The molecule has 1 aromatic carbocycles. The molecule has 9 heteroatoms. The molecule has 19 heavy (non-hydrogen) atoms. The number of nitro benzene ring substituents is 1. The first-order valence-electron chi connectivity index (χ1n) is 5.22. The molecule has 1 rings (SSSR count). The van der Waals surface area contributed by atoms with Gasteiger partial charge in [0.15, 0.2) is 0 Å². The van der Waals surface area contributed by atoms with E-state index in [2.05, 4.69) is 10.7 Å². The van der Waals surface area contributed by atoms with E-state index in [-0.39, 0.29) is 16.9 Å². The van der Waals surface area contributed by atoms with Crippen molar-refractivity contribution in [2.24, 2.45) is 11.6 Å². The molecule has 6 N–H and O–H groups in total. The zero-order valence-corrected chi connectivity index (χ0v) is 10.0. The standard InChI is InChI=1S/C10H13N5O4/c1-5(9(11)16)13-10(17)7-4-6(15(18)19)2-3-8(7)14-12/h2-5,14H,12H2,1H3,(H2,11,16)(H,13,17). The fraction of sp³-hybridized carbons (Fsp3) is 0.200. The summed E-state index contributed by atoms with van der Waals surface area (Å²) in [5.41, 5.74) is 7.13. The van der Waals surface area contributed by atoms with E-state index >= 15 is 0 Å². The molecule has 0 aliphatic rings. The molecule has 9 nitrogen and oxygen atoms in total. The van der Waals surface area contributed by atoms with Crippen molar-refractivity contribution in [3.63, 3.8) is 0 Å². The Morgan fingerprint density at radius 1 is 1.42 bits per heavy atom. The van der Waals surface area contributed by atoms with Gasteiger partial charge in [0.2, 0.25) is 5.91 Å². The number of nitro groups is 1. The third-order valence-electron chi connectivity index (χ3n) is 2.39. The van der Waals surface area contributed by atoms with E-state index in [9.17, 15) is 19.7 Å². The monoisotopic (exact) mass is 267 g/mol. The van der Waals surface area contributed by atoms with Crippen LogP contribution in [0.4, 0.5) is 11.4 Å². The van der Waals surface area contributed by atoms with E-state index in [1.165, 1.54) is 19.1 Å². The lowest BCUT2D eigenvalue weighted by Crippen LogP contribution is -2.42. The largest absolute Gasteiger partial charge is 0.368 e. The number of anilines is 1. The van der Waals surface area contributed by atoms with Crippen molar-refractivity contribution in [1.82, 2.24) is 5.32 Å². The first kappa shape index (κ1) is 14.4. The minimum absolute atomic E-state index is 0.0511. The van der Waals surface area contributed by atoms with E-state index in [0.717, 1.165) is 6.07 Å². The summed E-state index contributed by atoms with van der Waals surface area (Å²) in [5, 5.41) is 13.0. The molecular formula is C10H13N5O4. The van der Waals surface area contributed by atoms with Crippen molar-refractivity contribution in [2.45, 2.75) is 13.0 Å². The second kappa shape index (κ2) is 5.78. The molecule has 0 bridgehead atoms. The van der Waals surface area contributed by atoms with Crippen LogP contribution >= 0.6 is 0 Å². The van der Waals surface area contributed by atoms with Crippen molar-refractivity contribution in [3.8, 4) is 0 Å². The number of hydrogen-bond donors (Lipinski definition) is 4. The highest BCUT2D eigenvalue weighted by atomic mass is 16.6. The third-order valence-corrected chi connectivity index (χ3v) is 2.39. The van der Waals surface area contributed by atoms with Gasteiger partial charge in [0.25, 0.3) is 11.6 Å². The van der Waals surface area contributed by atoms with Gasteiger partial charge in [-0.25, -0.2) is 0 Å². The maximum atomic E-state index is 11.9. The Balaban J connectivity index is 3.09. The van der Waals surface area contributed by atoms with Gasteiger partial charge in [-0.05, 0) is 13.0 Å². The average Bonchev–Trinajstić information content (AvgIpc) is 2.37.